The maximum atomic E-state index is 10.4. The molecule has 104 valence electrons. The molecule has 2 heteroatoms. The van der Waals surface area contributed by atoms with Gasteiger partial charge in [-0.1, -0.05) is 30.3 Å². The van der Waals surface area contributed by atoms with Crippen molar-refractivity contribution in [3.63, 3.8) is 0 Å². The van der Waals surface area contributed by atoms with E-state index in [9.17, 15) is 5.11 Å². The lowest BCUT2D eigenvalue weighted by Crippen LogP contribution is -2.16. The largest absolute Gasteiger partial charge is 0.507 e. The predicted octanol–water partition coefficient (Wildman–Crippen LogP) is 3.66. The molecule has 2 unspecified atom stereocenters. The van der Waals surface area contributed by atoms with Crippen LogP contribution in [0.5, 0.6) is 5.75 Å². The summed E-state index contributed by atoms with van der Waals surface area (Å²) in [6.45, 7) is 6.18. The second kappa shape index (κ2) is 4.64. The van der Waals surface area contributed by atoms with Crippen molar-refractivity contribution in [2.75, 3.05) is 0 Å². The first-order valence-corrected chi connectivity index (χ1v) is 7.13. The smallest absolute Gasteiger partial charge is 0.123 e. The molecule has 0 aromatic heterocycles. The van der Waals surface area contributed by atoms with Crippen molar-refractivity contribution in [2.24, 2.45) is 5.73 Å². The van der Waals surface area contributed by atoms with E-state index in [1.165, 1.54) is 22.3 Å². The number of rotatable bonds is 1. The average Bonchev–Trinajstić information content (AvgIpc) is 2.75. The molecule has 0 radical (unpaired) electrons. The van der Waals surface area contributed by atoms with Gasteiger partial charge in [0.05, 0.1) is 0 Å². The molecule has 3 N–H and O–H groups in total. The van der Waals surface area contributed by atoms with Crippen LogP contribution in [0.25, 0.3) is 0 Å². The van der Waals surface area contributed by atoms with Gasteiger partial charge in [-0.3, -0.25) is 0 Å². The highest BCUT2D eigenvalue weighted by atomic mass is 16.3. The van der Waals surface area contributed by atoms with Gasteiger partial charge in [0, 0.05) is 17.5 Å². The van der Waals surface area contributed by atoms with Crippen LogP contribution in [0.2, 0.25) is 0 Å². The van der Waals surface area contributed by atoms with Crippen molar-refractivity contribution in [3.05, 3.63) is 63.7 Å². The number of fused-ring (bicyclic) bond motifs is 1. The van der Waals surface area contributed by atoms with Crippen molar-refractivity contribution in [1.82, 2.24) is 0 Å². The molecule has 2 nitrogen and oxygen atoms in total. The summed E-state index contributed by atoms with van der Waals surface area (Å²) in [7, 11) is 0. The van der Waals surface area contributed by atoms with Gasteiger partial charge >= 0.3 is 0 Å². The Morgan fingerprint density at radius 1 is 1.05 bits per heavy atom. The number of hydrogen-bond donors (Lipinski definition) is 2. The third-order valence-electron chi connectivity index (χ3n) is 4.64. The minimum absolute atomic E-state index is 0.121. The maximum absolute atomic E-state index is 10.4. The molecule has 0 aliphatic heterocycles. The fraction of sp³-hybridized carbons (Fsp3) is 0.333. The van der Waals surface area contributed by atoms with Crippen molar-refractivity contribution >= 4 is 0 Å². The topological polar surface area (TPSA) is 46.2 Å². The summed E-state index contributed by atoms with van der Waals surface area (Å²) >= 11 is 0. The van der Waals surface area contributed by atoms with Crippen LogP contribution in [0, 0.1) is 20.8 Å². The molecule has 0 heterocycles. The van der Waals surface area contributed by atoms with Crippen molar-refractivity contribution < 1.29 is 5.11 Å². The fourth-order valence-corrected chi connectivity index (χ4v) is 3.53. The Balaban J connectivity index is 2.12. The van der Waals surface area contributed by atoms with Gasteiger partial charge in [-0.25, -0.2) is 0 Å². The molecule has 0 spiro atoms. The molecule has 1 aliphatic carbocycles. The maximum Gasteiger partial charge on any atom is 0.123 e. The first kappa shape index (κ1) is 13.2. The zero-order chi connectivity index (χ0) is 14.4. The third-order valence-corrected chi connectivity index (χ3v) is 4.64. The van der Waals surface area contributed by atoms with Gasteiger partial charge in [-0.2, -0.15) is 0 Å². The molecule has 3 rings (SSSR count). The van der Waals surface area contributed by atoms with Crippen LogP contribution in [0.4, 0.5) is 0 Å². The van der Waals surface area contributed by atoms with Crippen LogP contribution in [0.1, 0.15) is 45.3 Å². The van der Waals surface area contributed by atoms with Crippen LogP contribution in [-0.4, -0.2) is 5.11 Å². The Bertz CT molecular complexity index is 675. The number of aryl methyl sites for hydroxylation is 3. The predicted molar refractivity (Wildman–Crippen MR) is 82.1 cm³/mol. The van der Waals surface area contributed by atoms with Gasteiger partial charge in [0.2, 0.25) is 0 Å². The minimum Gasteiger partial charge on any atom is -0.507 e. The van der Waals surface area contributed by atoms with Crippen LogP contribution >= 0.6 is 0 Å². The van der Waals surface area contributed by atoms with E-state index in [-0.39, 0.29) is 12.0 Å². The van der Waals surface area contributed by atoms with Crippen LogP contribution in [-0.2, 0) is 6.42 Å². The monoisotopic (exact) mass is 267 g/mol. The van der Waals surface area contributed by atoms with Crippen molar-refractivity contribution in [2.45, 2.75) is 39.2 Å². The van der Waals surface area contributed by atoms with E-state index in [0.29, 0.717) is 5.75 Å². The summed E-state index contributed by atoms with van der Waals surface area (Å²) in [6.07, 6.45) is 0.918. The fourth-order valence-electron chi connectivity index (χ4n) is 3.53. The molecule has 2 aromatic rings. The number of benzene rings is 2. The van der Waals surface area contributed by atoms with Gasteiger partial charge in [-0.05, 0) is 55.0 Å². The quantitative estimate of drug-likeness (QED) is 0.828. The van der Waals surface area contributed by atoms with Gasteiger partial charge in [0.15, 0.2) is 0 Å². The van der Waals surface area contributed by atoms with E-state index in [0.717, 1.165) is 17.5 Å². The highest BCUT2D eigenvalue weighted by Crippen LogP contribution is 2.47. The number of phenols is 1. The van der Waals surface area contributed by atoms with E-state index in [1.54, 1.807) is 0 Å². The molecule has 0 saturated heterocycles. The van der Waals surface area contributed by atoms with E-state index < -0.39 is 0 Å². The lowest BCUT2D eigenvalue weighted by Gasteiger charge is -2.19. The zero-order valence-electron chi connectivity index (χ0n) is 12.3. The second-order valence-electron chi connectivity index (χ2n) is 5.94. The van der Waals surface area contributed by atoms with Crippen LogP contribution in [0.15, 0.2) is 30.3 Å². The van der Waals surface area contributed by atoms with Crippen LogP contribution < -0.4 is 5.73 Å². The summed E-state index contributed by atoms with van der Waals surface area (Å²) in [5, 5.41) is 10.4. The molecule has 0 amide bonds. The summed E-state index contributed by atoms with van der Waals surface area (Å²) < 4.78 is 0. The van der Waals surface area contributed by atoms with Gasteiger partial charge < -0.3 is 10.8 Å². The lowest BCUT2D eigenvalue weighted by molar-refractivity contribution is 0.455. The number of hydrogen-bond acceptors (Lipinski definition) is 2. The molecule has 2 atom stereocenters. The van der Waals surface area contributed by atoms with Gasteiger partial charge in [0.1, 0.15) is 5.75 Å². The molecule has 0 saturated carbocycles. The molecule has 2 aromatic carbocycles. The molecule has 0 fully saturated rings. The summed E-state index contributed by atoms with van der Waals surface area (Å²) in [5.74, 6) is 0.645. The molecule has 20 heavy (non-hydrogen) atoms. The molecule has 1 aliphatic rings. The van der Waals surface area contributed by atoms with E-state index >= 15 is 0 Å². The van der Waals surface area contributed by atoms with E-state index in [4.69, 9.17) is 5.73 Å². The molecular weight excluding hydrogens is 246 g/mol. The SMILES string of the molecule is Cc1ccccc1C1Cc2c(C)cc(C)c(O)c2C1N. The van der Waals surface area contributed by atoms with Crippen molar-refractivity contribution in [1.29, 1.82) is 0 Å². The summed E-state index contributed by atoms with van der Waals surface area (Å²) in [6, 6.07) is 10.3. The second-order valence-corrected chi connectivity index (χ2v) is 5.94. The highest BCUT2D eigenvalue weighted by molar-refractivity contribution is 5.56. The van der Waals surface area contributed by atoms with E-state index in [1.807, 2.05) is 6.92 Å². The number of nitrogens with two attached hydrogens (primary N) is 1. The van der Waals surface area contributed by atoms with Crippen LogP contribution in [0.3, 0.4) is 0 Å². The highest BCUT2D eigenvalue weighted by Gasteiger charge is 2.35. The molecular formula is C18H21NO. The number of phenolic OH excluding ortho intramolecular Hbond substituents is 1. The Hall–Kier alpha value is -1.80. The zero-order valence-corrected chi connectivity index (χ0v) is 12.3. The lowest BCUT2D eigenvalue weighted by atomic mass is 9.89. The summed E-state index contributed by atoms with van der Waals surface area (Å²) in [5.41, 5.74) is 13.4. The Morgan fingerprint density at radius 2 is 1.75 bits per heavy atom. The minimum atomic E-state index is -0.121. The van der Waals surface area contributed by atoms with Gasteiger partial charge in [-0.15, -0.1) is 0 Å². The Morgan fingerprint density at radius 3 is 2.45 bits per heavy atom. The number of aromatic hydroxyl groups is 1. The summed E-state index contributed by atoms with van der Waals surface area (Å²) in [4.78, 5) is 0. The Labute approximate surface area is 120 Å². The van der Waals surface area contributed by atoms with Gasteiger partial charge in [0.25, 0.3) is 0 Å². The first-order valence-electron chi connectivity index (χ1n) is 7.13. The standard InChI is InChI=1S/C18H21NO/c1-10-6-4-5-7-13(10)15-9-14-11(2)8-12(3)18(20)16(14)17(15)19/h4-8,15,17,20H,9,19H2,1-3H3. The van der Waals surface area contributed by atoms with Crippen molar-refractivity contribution in [3.8, 4) is 5.75 Å². The third kappa shape index (κ3) is 1.83. The average molecular weight is 267 g/mol. The molecule has 0 bridgehead atoms. The Kier molecular flexibility index (Phi) is 3.06. The normalized spacial score (nSPS) is 21.0. The van der Waals surface area contributed by atoms with E-state index in [2.05, 4.69) is 44.2 Å². The first-order chi connectivity index (χ1) is 9.50.